The zero-order valence-electron chi connectivity index (χ0n) is 25.8. The fraction of sp³-hybridized carbons (Fsp3) is 0.371. The number of carbonyl (C=O) groups is 4. The summed E-state index contributed by atoms with van der Waals surface area (Å²) in [7, 11) is 0. The lowest BCUT2D eigenvalue weighted by atomic mass is 9.97. The minimum atomic E-state index is -1.01. The molecular formula is C35H40O8S2. The predicted molar refractivity (Wildman–Crippen MR) is 177 cm³/mol. The lowest BCUT2D eigenvalue weighted by Gasteiger charge is -2.17. The van der Waals surface area contributed by atoms with Crippen molar-refractivity contribution in [1.82, 2.24) is 0 Å². The van der Waals surface area contributed by atoms with Crippen molar-refractivity contribution >= 4 is 47.0 Å². The van der Waals surface area contributed by atoms with Crippen LogP contribution in [0.5, 0.6) is 11.5 Å². The Bertz CT molecular complexity index is 1470. The van der Waals surface area contributed by atoms with Crippen molar-refractivity contribution in [2.75, 3.05) is 12.4 Å². The van der Waals surface area contributed by atoms with E-state index in [1.165, 1.54) is 18.7 Å². The molecule has 3 rings (SSSR count). The standard InChI is InChI=1S/C35H40O8S2/c1-4-6-29-30(16-15-28(23(3)36)35(29)42)43-19-5-20-44-26-11-7-24(8-12-26)31(17-18-32(37)38)45-27-13-9-25(10-14-27)34(41)22(2)21-33(39)40/h7-16,22,31,42H,4-6,17-21H2,1-3H3,(H,37,38)(H,39,40). The van der Waals surface area contributed by atoms with Crippen molar-refractivity contribution in [3.8, 4) is 11.5 Å². The van der Waals surface area contributed by atoms with E-state index in [2.05, 4.69) is 0 Å². The molecule has 45 heavy (non-hydrogen) atoms. The Hall–Kier alpha value is -3.76. The van der Waals surface area contributed by atoms with E-state index in [0.29, 0.717) is 41.9 Å². The summed E-state index contributed by atoms with van der Waals surface area (Å²) in [6, 6.07) is 18.4. The second-order valence-corrected chi connectivity index (χ2v) is 13.2. The van der Waals surface area contributed by atoms with Crippen LogP contribution in [0.25, 0.3) is 0 Å². The molecule has 0 heterocycles. The zero-order chi connectivity index (χ0) is 32.9. The number of Topliss-reactive ketones (excluding diaryl/α,β-unsaturated/α-hetero) is 2. The topological polar surface area (TPSA) is 138 Å². The molecule has 0 aliphatic rings. The van der Waals surface area contributed by atoms with Gasteiger partial charge in [-0.15, -0.1) is 23.5 Å². The smallest absolute Gasteiger partial charge is 0.304 e. The fourth-order valence-corrected chi connectivity index (χ4v) is 6.76. The largest absolute Gasteiger partial charge is 0.507 e. The van der Waals surface area contributed by atoms with Crippen LogP contribution in [0.3, 0.4) is 0 Å². The van der Waals surface area contributed by atoms with E-state index in [1.807, 2.05) is 43.3 Å². The summed E-state index contributed by atoms with van der Waals surface area (Å²) in [6.45, 7) is 5.51. The van der Waals surface area contributed by atoms with Crippen molar-refractivity contribution in [1.29, 1.82) is 0 Å². The van der Waals surface area contributed by atoms with Crippen LogP contribution in [0.4, 0.5) is 0 Å². The predicted octanol–water partition coefficient (Wildman–Crippen LogP) is 8.10. The summed E-state index contributed by atoms with van der Waals surface area (Å²) in [5.41, 5.74) is 2.43. The zero-order valence-corrected chi connectivity index (χ0v) is 27.4. The van der Waals surface area contributed by atoms with E-state index in [9.17, 15) is 29.4 Å². The van der Waals surface area contributed by atoms with Gasteiger partial charge in [-0.2, -0.15) is 0 Å². The van der Waals surface area contributed by atoms with Crippen LogP contribution in [0.1, 0.15) is 90.0 Å². The lowest BCUT2D eigenvalue weighted by molar-refractivity contribution is -0.138. The van der Waals surface area contributed by atoms with Crippen molar-refractivity contribution in [3.05, 3.63) is 82.9 Å². The highest BCUT2D eigenvalue weighted by atomic mass is 32.2. The molecule has 0 saturated carbocycles. The second kappa shape index (κ2) is 17.7. The number of carboxylic acids is 2. The van der Waals surface area contributed by atoms with Gasteiger partial charge in [0.25, 0.3) is 0 Å². The van der Waals surface area contributed by atoms with Crippen LogP contribution in [-0.2, 0) is 16.0 Å². The quantitative estimate of drug-likeness (QED) is 0.0661. The molecule has 0 spiro atoms. The van der Waals surface area contributed by atoms with Crippen molar-refractivity contribution in [2.24, 2.45) is 5.92 Å². The van der Waals surface area contributed by atoms with E-state index in [1.54, 1.807) is 43.0 Å². The van der Waals surface area contributed by atoms with Crippen molar-refractivity contribution in [2.45, 2.75) is 74.3 Å². The first kappa shape index (κ1) is 35.7. The van der Waals surface area contributed by atoms with E-state index < -0.39 is 17.9 Å². The van der Waals surface area contributed by atoms with Crippen molar-refractivity contribution in [3.63, 3.8) is 0 Å². The number of hydrogen-bond acceptors (Lipinski definition) is 8. The highest BCUT2D eigenvalue weighted by molar-refractivity contribution is 7.99. The number of rotatable bonds is 19. The third kappa shape index (κ3) is 11.0. The maximum Gasteiger partial charge on any atom is 0.304 e. The Labute approximate surface area is 272 Å². The van der Waals surface area contributed by atoms with Crippen LogP contribution >= 0.6 is 23.5 Å². The molecule has 3 aromatic carbocycles. The molecule has 8 nitrogen and oxygen atoms in total. The number of aliphatic carboxylic acids is 2. The van der Waals surface area contributed by atoms with Gasteiger partial charge in [-0.25, -0.2) is 0 Å². The van der Waals surface area contributed by atoms with Gasteiger partial charge in [0.1, 0.15) is 11.5 Å². The molecule has 2 unspecified atom stereocenters. The van der Waals surface area contributed by atoms with E-state index in [0.717, 1.165) is 33.9 Å². The fourth-order valence-electron chi connectivity index (χ4n) is 4.79. The van der Waals surface area contributed by atoms with Gasteiger partial charge in [0.15, 0.2) is 11.6 Å². The van der Waals surface area contributed by atoms with Gasteiger partial charge in [0, 0.05) is 44.3 Å². The number of carbonyl (C=O) groups excluding carboxylic acids is 2. The van der Waals surface area contributed by atoms with Crippen LogP contribution in [-0.4, -0.2) is 51.2 Å². The van der Waals surface area contributed by atoms with Gasteiger partial charge in [-0.05, 0) is 68.1 Å². The molecule has 0 fully saturated rings. The van der Waals surface area contributed by atoms with Gasteiger partial charge in [-0.3, -0.25) is 19.2 Å². The van der Waals surface area contributed by atoms with Gasteiger partial charge in [0.05, 0.1) is 18.6 Å². The Morgan fingerprint density at radius 2 is 1.56 bits per heavy atom. The molecule has 0 aliphatic carbocycles. The third-order valence-electron chi connectivity index (χ3n) is 7.15. The summed E-state index contributed by atoms with van der Waals surface area (Å²) in [5, 5.41) is 28.7. The van der Waals surface area contributed by atoms with Gasteiger partial charge in [-0.1, -0.05) is 44.5 Å². The molecule has 2 atom stereocenters. The maximum absolute atomic E-state index is 12.5. The lowest BCUT2D eigenvalue weighted by Crippen LogP contribution is -2.15. The van der Waals surface area contributed by atoms with Gasteiger partial charge < -0.3 is 20.1 Å². The number of ketones is 2. The van der Waals surface area contributed by atoms with Crippen LogP contribution in [0, 0.1) is 5.92 Å². The van der Waals surface area contributed by atoms with Crippen LogP contribution in [0.2, 0.25) is 0 Å². The Morgan fingerprint density at radius 1 is 0.889 bits per heavy atom. The third-order valence-corrected chi connectivity index (χ3v) is 9.59. The number of phenols is 1. The summed E-state index contributed by atoms with van der Waals surface area (Å²) < 4.78 is 5.97. The normalized spacial score (nSPS) is 12.3. The molecule has 3 aromatic rings. The first-order valence-corrected chi connectivity index (χ1v) is 16.8. The van der Waals surface area contributed by atoms with Gasteiger partial charge in [0.2, 0.25) is 0 Å². The monoisotopic (exact) mass is 652 g/mol. The molecule has 0 aromatic heterocycles. The number of carboxylic acid groups (broad SMARTS) is 2. The number of hydrogen-bond donors (Lipinski definition) is 3. The Kier molecular flexibility index (Phi) is 14.0. The maximum atomic E-state index is 12.5. The van der Waals surface area contributed by atoms with Crippen LogP contribution < -0.4 is 4.74 Å². The Balaban J connectivity index is 1.57. The first-order valence-electron chi connectivity index (χ1n) is 15.0. The summed E-state index contributed by atoms with van der Waals surface area (Å²) in [5.74, 6) is -1.48. The van der Waals surface area contributed by atoms with Crippen LogP contribution in [0.15, 0.2) is 70.5 Å². The molecule has 0 saturated heterocycles. The molecule has 3 N–H and O–H groups in total. The Morgan fingerprint density at radius 3 is 2.16 bits per heavy atom. The number of phenolic OH excluding ortho intramolecular Hbond substituents is 1. The average Bonchev–Trinajstić information content (AvgIpc) is 3.00. The minimum Gasteiger partial charge on any atom is -0.507 e. The molecule has 0 bridgehead atoms. The highest BCUT2D eigenvalue weighted by Gasteiger charge is 2.20. The molecule has 0 radical (unpaired) electrons. The van der Waals surface area contributed by atoms with Gasteiger partial charge >= 0.3 is 11.9 Å². The second-order valence-electron chi connectivity index (χ2n) is 10.8. The minimum absolute atomic E-state index is 0.00543. The molecular weight excluding hydrogens is 613 g/mol. The summed E-state index contributed by atoms with van der Waals surface area (Å²) in [6.07, 6.45) is 2.44. The number of ether oxygens (including phenoxy) is 1. The molecule has 0 aliphatic heterocycles. The van der Waals surface area contributed by atoms with E-state index in [-0.39, 0.29) is 35.4 Å². The first-order chi connectivity index (χ1) is 21.5. The summed E-state index contributed by atoms with van der Waals surface area (Å²) >= 11 is 3.22. The number of benzene rings is 3. The van der Waals surface area contributed by atoms with E-state index >= 15 is 0 Å². The molecule has 10 heteroatoms. The summed E-state index contributed by atoms with van der Waals surface area (Å²) in [4.78, 5) is 48.6. The number of thioether (sulfide) groups is 2. The number of aromatic hydroxyl groups is 1. The molecule has 240 valence electrons. The van der Waals surface area contributed by atoms with Crippen molar-refractivity contribution < 1.29 is 39.2 Å². The highest BCUT2D eigenvalue weighted by Crippen LogP contribution is 2.39. The molecule has 0 amide bonds. The SMILES string of the molecule is CCCc1c(OCCCSc2ccc(C(CCC(=O)O)Sc3ccc(C(=O)C(C)CC(=O)O)cc3)cc2)ccc(C(C)=O)c1O. The average molecular weight is 653 g/mol. The van der Waals surface area contributed by atoms with E-state index in [4.69, 9.17) is 9.84 Å².